The Hall–Kier alpha value is -1.56. The fraction of sp³-hybridized carbons (Fsp3) is 0.300. The number of halogens is 3. The van der Waals surface area contributed by atoms with Crippen molar-refractivity contribution in [2.75, 3.05) is 12.3 Å². The van der Waals surface area contributed by atoms with Crippen LogP contribution in [-0.4, -0.2) is 19.2 Å². The summed E-state index contributed by atoms with van der Waals surface area (Å²) in [6.07, 6.45) is 0. The maximum atomic E-state index is 12.1. The van der Waals surface area contributed by atoms with Gasteiger partial charge >= 0.3 is 12.6 Å². The molecule has 4 nitrogen and oxygen atoms in total. The minimum Gasteiger partial charge on any atom is -0.462 e. The lowest BCUT2D eigenvalue weighted by molar-refractivity contribution is -0.0498. The number of nitrogen functional groups attached to an aromatic ring is 1. The molecule has 17 heavy (non-hydrogen) atoms. The van der Waals surface area contributed by atoms with Crippen molar-refractivity contribution in [3.05, 3.63) is 22.7 Å². The van der Waals surface area contributed by atoms with Gasteiger partial charge in [-0.3, -0.25) is 0 Å². The molecular weight excluding hydrogens is 256 g/mol. The first-order valence-corrected chi connectivity index (χ1v) is 5.04. The second kappa shape index (κ2) is 5.67. The summed E-state index contributed by atoms with van der Waals surface area (Å²) in [6, 6.07) is 2.19. The lowest BCUT2D eigenvalue weighted by Gasteiger charge is -2.10. The van der Waals surface area contributed by atoms with Gasteiger partial charge in [-0.15, -0.1) is 0 Å². The summed E-state index contributed by atoms with van der Waals surface area (Å²) in [5, 5.41) is -0.101. The lowest BCUT2D eigenvalue weighted by Crippen LogP contribution is -2.10. The Morgan fingerprint density at radius 2 is 2.18 bits per heavy atom. The molecular formula is C10H10ClF2NO3. The van der Waals surface area contributed by atoms with Crippen LogP contribution in [0, 0.1) is 0 Å². The molecule has 1 aromatic rings. The van der Waals surface area contributed by atoms with Crippen molar-refractivity contribution in [2.45, 2.75) is 13.5 Å². The highest BCUT2D eigenvalue weighted by molar-refractivity contribution is 6.32. The Morgan fingerprint density at radius 1 is 1.53 bits per heavy atom. The van der Waals surface area contributed by atoms with E-state index in [9.17, 15) is 13.6 Å². The number of carbonyl (C=O) groups excluding carboxylic acids is 1. The van der Waals surface area contributed by atoms with Crippen molar-refractivity contribution in [3.8, 4) is 5.75 Å². The topological polar surface area (TPSA) is 61.5 Å². The van der Waals surface area contributed by atoms with Gasteiger partial charge in [0.25, 0.3) is 0 Å². The molecule has 0 heterocycles. The Balaban J connectivity index is 3.09. The maximum absolute atomic E-state index is 12.1. The molecule has 1 aromatic carbocycles. The first-order valence-electron chi connectivity index (χ1n) is 4.66. The summed E-state index contributed by atoms with van der Waals surface area (Å²) in [5.41, 5.74) is 5.50. The van der Waals surface area contributed by atoms with Gasteiger partial charge in [-0.2, -0.15) is 8.78 Å². The monoisotopic (exact) mass is 265 g/mol. The third-order valence-corrected chi connectivity index (χ3v) is 2.11. The number of benzene rings is 1. The number of carbonyl (C=O) groups is 1. The van der Waals surface area contributed by atoms with Gasteiger partial charge in [0, 0.05) is 5.69 Å². The standard InChI is InChI=1S/C10H10ClF2NO3/c1-2-16-9(15)5-3-8(17-10(12)13)6(11)4-7(5)14/h3-4,10H,2,14H2,1H3. The highest BCUT2D eigenvalue weighted by atomic mass is 35.5. The van der Waals surface area contributed by atoms with Gasteiger partial charge in [0.1, 0.15) is 5.75 Å². The molecule has 0 bridgehead atoms. The van der Waals surface area contributed by atoms with Crippen LogP contribution in [0.25, 0.3) is 0 Å². The van der Waals surface area contributed by atoms with Gasteiger partial charge < -0.3 is 15.2 Å². The fourth-order valence-electron chi connectivity index (χ4n) is 1.14. The molecule has 1 rings (SSSR count). The first-order chi connectivity index (χ1) is 7.95. The molecule has 0 spiro atoms. The summed E-state index contributed by atoms with van der Waals surface area (Å²) in [6.45, 7) is -1.28. The summed E-state index contributed by atoms with van der Waals surface area (Å²) in [4.78, 5) is 11.4. The van der Waals surface area contributed by atoms with E-state index in [4.69, 9.17) is 22.1 Å². The Labute approximate surface area is 101 Å². The SMILES string of the molecule is CCOC(=O)c1cc(OC(F)F)c(Cl)cc1N. The van der Waals surface area contributed by atoms with Crippen molar-refractivity contribution in [1.82, 2.24) is 0 Å². The largest absolute Gasteiger partial charge is 0.462 e. The zero-order valence-electron chi connectivity index (χ0n) is 8.88. The number of nitrogens with two attached hydrogens (primary N) is 1. The highest BCUT2D eigenvalue weighted by Crippen LogP contribution is 2.31. The van der Waals surface area contributed by atoms with Crippen LogP contribution < -0.4 is 10.5 Å². The van der Waals surface area contributed by atoms with Crippen LogP contribution in [-0.2, 0) is 4.74 Å². The molecule has 0 aliphatic carbocycles. The summed E-state index contributed by atoms with van der Waals surface area (Å²) in [5.74, 6) is -1.04. The van der Waals surface area contributed by atoms with E-state index in [1.54, 1.807) is 6.92 Å². The lowest BCUT2D eigenvalue weighted by atomic mass is 10.1. The van der Waals surface area contributed by atoms with Crippen molar-refractivity contribution >= 4 is 23.3 Å². The highest BCUT2D eigenvalue weighted by Gasteiger charge is 2.17. The number of hydrogen-bond acceptors (Lipinski definition) is 4. The molecule has 0 unspecified atom stereocenters. The minimum atomic E-state index is -3.04. The van der Waals surface area contributed by atoms with Crippen LogP contribution in [0.1, 0.15) is 17.3 Å². The number of rotatable bonds is 4. The third kappa shape index (κ3) is 3.45. The third-order valence-electron chi connectivity index (χ3n) is 1.82. The smallest absolute Gasteiger partial charge is 0.387 e. The normalized spacial score (nSPS) is 10.4. The Bertz CT molecular complexity index is 426. The maximum Gasteiger partial charge on any atom is 0.387 e. The van der Waals surface area contributed by atoms with Crippen molar-refractivity contribution < 1.29 is 23.0 Å². The van der Waals surface area contributed by atoms with Gasteiger partial charge in [0.05, 0.1) is 17.2 Å². The number of anilines is 1. The van der Waals surface area contributed by atoms with Crippen molar-refractivity contribution in [3.63, 3.8) is 0 Å². The van der Waals surface area contributed by atoms with Crippen LogP contribution in [0.2, 0.25) is 5.02 Å². The molecule has 0 aliphatic rings. The van der Waals surface area contributed by atoms with Crippen LogP contribution >= 0.6 is 11.6 Å². The second-order valence-corrected chi connectivity index (χ2v) is 3.38. The number of esters is 1. The van der Waals surface area contributed by atoms with E-state index >= 15 is 0 Å². The van der Waals surface area contributed by atoms with Crippen molar-refractivity contribution in [1.29, 1.82) is 0 Å². The van der Waals surface area contributed by atoms with Crippen molar-refractivity contribution in [2.24, 2.45) is 0 Å². The van der Waals surface area contributed by atoms with E-state index < -0.39 is 12.6 Å². The molecule has 0 atom stereocenters. The van der Waals surface area contributed by atoms with Crippen LogP contribution in [0.4, 0.5) is 14.5 Å². The fourth-order valence-corrected chi connectivity index (χ4v) is 1.36. The van der Waals surface area contributed by atoms with E-state index in [1.165, 1.54) is 0 Å². The molecule has 0 amide bonds. The number of hydrogen-bond donors (Lipinski definition) is 1. The first kappa shape index (κ1) is 13.5. The quantitative estimate of drug-likeness (QED) is 0.672. The predicted octanol–water partition coefficient (Wildman–Crippen LogP) is 2.70. The Morgan fingerprint density at radius 3 is 2.71 bits per heavy atom. The minimum absolute atomic E-state index is 0.0371. The van der Waals surface area contributed by atoms with Gasteiger partial charge in [0.15, 0.2) is 0 Å². The predicted molar refractivity (Wildman–Crippen MR) is 58.5 cm³/mol. The summed E-state index contributed by atoms with van der Waals surface area (Å²) < 4.78 is 33.0. The summed E-state index contributed by atoms with van der Waals surface area (Å²) >= 11 is 5.64. The molecule has 7 heteroatoms. The van der Waals surface area contributed by atoms with E-state index in [2.05, 4.69) is 4.74 Å². The summed E-state index contributed by atoms with van der Waals surface area (Å²) in [7, 11) is 0. The molecule has 0 saturated heterocycles. The van der Waals surface area contributed by atoms with Crippen LogP contribution in [0.3, 0.4) is 0 Å². The molecule has 0 radical (unpaired) electrons. The van der Waals surface area contributed by atoms with Gasteiger partial charge in [0.2, 0.25) is 0 Å². The molecule has 94 valence electrons. The van der Waals surface area contributed by atoms with Gasteiger partial charge in [-0.05, 0) is 19.1 Å². The number of alkyl halides is 2. The van der Waals surface area contributed by atoms with Gasteiger partial charge in [-0.1, -0.05) is 11.6 Å². The van der Waals surface area contributed by atoms with Crippen LogP contribution in [0.5, 0.6) is 5.75 Å². The Kier molecular flexibility index (Phi) is 4.51. The van der Waals surface area contributed by atoms with E-state index in [1.807, 2.05) is 0 Å². The van der Waals surface area contributed by atoms with E-state index in [0.717, 1.165) is 12.1 Å². The van der Waals surface area contributed by atoms with Crippen LogP contribution in [0.15, 0.2) is 12.1 Å². The second-order valence-electron chi connectivity index (χ2n) is 2.97. The van der Waals surface area contributed by atoms with E-state index in [-0.39, 0.29) is 28.6 Å². The average molecular weight is 266 g/mol. The molecule has 0 fully saturated rings. The molecule has 0 aromatic heterocycles. The average Bonchev–Trinajstić information content (AvgIpc) is 2.21. The molecule has 0 saturated carbocycles. The zero-order chi connectivity index (χ0) is 13.0. The van der Waals surface area contributed by atoms with E-state index in [0.29, 0.717) is 0 Å². The molecule has 0 aliphatic heterocycles. The zero-order valence-corrected chi connectivity index (χ0v) is 9.63. The number of ether oxygens (including phenoxy) is 2. The molecule has 2 N–H and O–H groups in total. The van der Waals surface area contributed by atoms with Gasteiger partial charge in [-0.25, -0.2) is 4.79 Å².